The Morgan fingerprint density at radius 1 is 1.50 bits per heavy atom. The van der Waals surface area contributed by atoms with Gasteiger partial charge in [-0.15, -0.1) is 6.58 Å². The van der Waals surface area contributed by atoms with Gasteiger partial charge in [-0.2, -0.15) is 0 Å². The van der Waals surface area contributed by atoms with Gasteiger partial charge in [0.2, 0.25) is 0 Å². The van der Waals surface area contributed by atoms with Crippen LogP contribution in [0.25, 0.3) is 0 Å². The SMILES string of the molecule is C=CCN(CC1COCCC[Si](C)(OCC)O1)C(C)C. The molecule has 1 aliphatic heterocycles. The molecule has 0 N–H and O–H groups in total. The fourth-order valence-electron chi connectivity index (χ4n) is 2.58. The van der Waals surface area contributed by atoms with Crippen molar-refractivity contribution in [1.29, 1.82) is 0 Å². The minimum absolute atomic E-state index is 0.0980. The van der Waals surface area contributed by atoms with E-state index in [9.17, 15) is 0 Å². The summed E-state index contributed by atoms with van der Waals surface area (Å²) in [5, 5.41) is 0. The van der Waals surface area contributed by atoms with Crippen LogP contribution in [-0.2, 0) is 13.6 Å². The highest BCUT2D eigenvalue weighted by molar-refractivity contribution is 6.66. The van der Waals surface area contributed by atoms with Crippen molar-refractivity contribution >= 4 is 8.56 Å². The molecule has 0 aromatic heterocycles. The Labute approximate surface area is 125 Å². The standard InChI is InChI=1S/C15H31NO3Si/c1-6-9-16(14(3)4)12-15-13-17-10-8-11-20(5,19-15)18-7-2/h6,14-15H,1,7-13H2,2-5H3. The van der Waals surface area contributed by atoms with Gasteiger partial charge in [0.05, 0.1) is 12.7 Å². The lowest BCUT2D eigenvalue weighted by atomic mass is 10.2. The van der Waals surface area contributed by atoms with Crippen molar-refractivity contribution in [3.8, 4) is 0 Å². The molecule has 0 bridgehead atoms. The first kappa shape index (κ1) is 17.8. The van der Waals surface area contributed by atoms with E-state index in [4.69, 9.17) is 13.6 Å². The van der Waals surface area contributed by atoms with Crippen molar-refractivity contribution in [3.63, 3.8) is 0 Å². The summed E-state index contributed by atoms with van der Waals surface area (Å²) in [6.45, 7) is 16.4. The number of nitrogens with zero attached hydrogens (tertiary/aromatic N) is 1. The molecule has 0 spiro atoms. The molecule has 1 saturated heterocycles. The van der Waals surface area contributed by atoms with Gasteiger partial charge in [0, 0.05) is 32.3 Å². The Kier molecular flexibility index (Phi) is 7.98. The Hall–Kier alpha value is -0.203. The second kappa shape index (κ2) is 8.95. The van der Waals surface area contributed by atoms with Crippen molar-refractivity contribution < 1.29 is 13.6 Å². The first-order valence-electron chi connectivity index (χ1n) is 7.75. The Bertz CT molecular complexity index is 288. The Balaban J connectivity index is 2.66. The van der Waals surface area contributed by atoms with Crippen LogP contribution in [0.3, 0.4) is 0 Å². The van der Waals surface area contributed by atoms with Crippen LogP contribution in [0.5, 0.6) is 0 Å². The molecule has 0 saturated carbocycles. The van der Waals surface area contributed by atoms with E-state index in [2.05, 4.69) is 31.9 Å². The maximum Gasteiger partial charge on any atom is 0.335 e. The number of hydrogen-bond donors (Lipinski definition) is 0. The van der Waals surface area contributed by atoms with Crippen molar-refractivity contribution in [1.82, 2.24) is 4.90 Å². The van der Waals surface area contributed by atoms with Crippen LogP contribution in [0.1, 0.15) is 27.2 Å². The van der Waals surface area contributed by atoms with Gasteiger partial charge >= 0.3 is 8.56 Å². The lowest BCUT2D eigenvalue weighted by molar-refractivity contribution is -0.00443. The third kappa shape index (κ3) is 6.05. The van der Waals surface area contributed by atoms with Gasteiger partial charge in [0.1, 0.15) is 0 Å². The molecule has 1 aliphatic rings. The highest BCUT2D eigenvalue weighted by Crippen LogP contribution is 2.21. The van der Waals surface area contributed by atoms with Gasteiger partial charge in [0.25, 0.3) is 0 Å². The second-order valence-corrected chi connectivity index (χ2v) is 9.11. The van der Waals surface area contributed by atoms with E-state index in [0.717, 1.165) is 38.8 Å². The van der Waals surface area contributed by atoms with Crippen LogP contribution < -0.4 is 0 Å². The van der Waals surface area contributed by atoms with Crippen LogP contribution in [-0.4, -0.2) is 58.5 Å². The molecular weight excluding hydrogens is 270 g/mol. The first-order valence-corrected chi connectivity index (χ1v) is 10.3. The average molecular weight is 302 g/mol. The largest absolute Gasteiger partial charge is 0.395 e. The van der Waals surface area contributed by atoms with Gasteiger partial charge < -0.3 is 13.6 Å². The average Bonchev–Trinajstić information content (AvgIpc) is 2.35. The molecule has 2 atom stereocenters. The van der Waals surface area contributed by atoms with Crippen molar-refractivity contribution in [2.24, 2.45) is 0 Å². The third-order valence-electron chi connectivity index (χ3n) is 3.62. The quantitative estimate of drug-likeness (QED) is 0.534. The smallest absolute Gasteiger partial charge is 0.335 e. The molecule has 0 aromatic carbocycles. The molecule has 5 heteroatoms. The van der Waals surface area contributed by atoms with Gasteiger partial charge in [-0.25, -0.2) is 0 Å². The number of rotatable bonds is 7. The number of hydrogen-bond acceptors (Lipinski definition) is 4. The molecular formula is C15H31NO3Si. The highest BCUT2D eigenvalue weighted by Gasteiger charge is 2.35. The van der Waals surface area contributed by atoms with E-state index in [0.29, 0.717) is 12.6 Å². The molecule has 1 fully saturated rings. The fourth-order valence-corrected chi connectivity index (χ4v) is 5.16. The van der Waals surface area contributed by atoms with E-state index in [1.54, 1.807) is 0 Å². The molecule has 0 radical (unpaired) electrons. The minimum Gasteiger partial charge on any atom is -0.395 e. The zero-order chi connectivity index (χ0) is 15.0. The molecule has 4 nitrogen and oxygen atoms in total. The molecule has 1 heterocycles. The molecule has 1 rings (SSSR count). The predicted molar refractivity (Wildman–Crippen MR) is 85.3 cm³/mol. The zero-order valence-electron chi connectivity index (χ0n) is 13.6. The minimum atomic E-state index is -2.04. The number of ether oxygens (including phenoxy) is 1. The van der Waals surface area contributed by atoms with Crippen LogP contribution in [0.4, 0.5) is 0 Å². The van der Waals surface area contributed by atoms with Gasteiger partial charge in [-0.3, -0.25) is 4.90 Å². The zero-order valence-corrected chi connectivity index (χ0v) is 14.6. The predicted octanol–water partition coefficient (Wildman–Crippen LogP) is 2.80. The van der Waals surface area contributed by atoms with Crippen LogP contribution in [0.15, 0.2) is 12.7 Å². The lowest BCUT2D eigenvalue weighted by Crippen LogP contribution is -2.49. The van der Waals surface area contributed by atoms with Crippen molar-refractivity contribution in [2.45, 2.75) is 51.9 Å². The first-order chi connectivity index (χ1) is 9.50. The fraction of sp³-hybridized carbons (Fsp3) is 0.867. The third-order valence-corrected chi connectivity index (χ3v) is 6.61. The molecule has 20 heavy (non-hydrogen) atoms. The molecule has 118 valence electrons. The normalized spacial score (nSPS) is 28.4. The molecule has 2 unspecified atom stereocenters. The summed E-state index contributed by atoms with van der Waals surface area (Å²) < 4.78 is 18.0. The maximum absolute atomic E-state index is 6.36. The summed E-state index contributed by atoms with van der Waals surface area (Å²) in [5.41, 5.74) is 0. The van der Waals surface area contributed by atoms with E-state index < -0.39 is 8.56 Å². The summed E-state index contributed by atoms with van der Waals surface area (Å²) in [6.07, 6.45) is 3.08. The van der Waals surface area contributed by atoms with Gasteiger partial charge in [-0.05, 0) is 39.8 Å². The van der Waals surface area contributed by atoms with Gasteiger partial charge in [-0.1, -0.05) is 6.08 Å². The highest BCUT2D eigenvalue weighted by atomic mass is 28.4. The summed E-state index contributed by atoms with van der Waals surface area (Å²) >= 11 is 0. The summed E-state index contributed by atoms with van der Waals surface area (Å²) in [4.78, 5) is 2.36. The van der Waals surface area contributed by atoms with Crippen molar-refractivity contribution in [2.75, 3.05) is 32.9 Å². The summed E-state index contributed by atoms with van der Waals surface area (Å²) in [6, 6.07) is 1.49. The lowest BCUT2D eigenvalue weighted by Gasteiger charge is -2.36. The van der Waals surface area contributed by atoms with E-state index in [1.807, 2.05) is 13.0 Å². The maximum atomic E-state index is 6.36. The van der Waals surface area contributed by atoms with E-state index in [1.165, 1.54) is 0 Å². The Morgan fingerprint density at radius 2 is 2.25 bits per heavy atom. The molecule has 0 aliphatic carbocycles. The van der Waals surface area contributed by atoms with Crippen LogP contribution in [0.2, 0.25) is 12.6 Å². The summed E-state index contributed by atoms with van der Waals surface area (Å²) in [5.74, 6) is 0. The van der Waals surface area contributed by atoms with E-state index >= 15 is 0 Å². The van der Waals surface area contributed by atoms with Crippen LogP contribution >= 0.6 is 0 Å². The van der Waals surface area contributed by atoms with E-state index in [-0.39, 0.29) is 6.10 Å². The molecule has 0 aromatic rings. The monoisotopic (exact) mass is 301 g/mol. The Morgan fingerprint density at radius 3 is 2.85 bits per heavy atom. The van der Waals surface area contributed by atoms with Crippen molar-refractivity contribution in [3.05, 3.63) is 12.7 Å². The van der Waals surface area contributed by atoms with Crippen LogP contribution in [0, 0.1) is 0 Å². The topological polar surface area (TPSA) is 30.9 Å². The second-order valence-electron chi connectivity index (χ2n) is 5.82. The molecule has 0 amide bonds. The van der Waals surface area contributed by atoms with Gasteiger partial charge in [0.15, 0.2) is 0 Å². The summed E-state index contributed by atoms with van der Waals surface area (Å²) in [7, 11) is -2.04.